The molecule has 0 amide bonds. The van der Waals surface area contributed by atoms with Crippen LogP contribution >= 0.6 is 22.9 Å². The minimum absolute atomic E-state index is 0.0945. The van der Waals surface area contributed by atoms with Crippen molar-refractivity contribution in [1.82, 2.24) is 9.97 Å². The zero-order valence-corrected chi connectivity index (χ0v) is 10.3. The molecule has 0 unspecified atom stereocenters. The SMILES string of the molecule is O=C(O)CCc1csc(-c2ccc(Cl)cn2)n1. The van der Waals surface area contributed by atoms with Crippen LogP contribution in [0.1, 0.15) is 12.1 Å². The third kappa shape index (κ3) is 3.25. The molecule has 17 heavy (non-hydrogen) atoms. The van der Waals surface area contributed by atoms with E-state index < -0.39 is 5.97 Å². The van der Waals surface area contributed by atoms with Crippen LogP contribution in [0.15, 0.2) is 23.7 Å². The van der Waals surface area contributed by atoms with Crippen LogP contribution in [0.2, 0.25) is 5.02 Å². The standard InChI is InChI=1S/C11H9ClN2O2S/c12-7-1-3-9(13-5-7)11-14-8(6-17-11)2-4-10(15)16/h1,3,5-6H,2,4H2,(H,15,16). The summed E-state index contributed by atoms with van der Waals surface area (Å²) in [6, 6.07) is 3.55. The minimum Gasteiger partial charge on any atom is -0.481 e. The molecule has 0 fully saturated rings. The third-order valence-electron chi connectivity index (χ3n) is 2.09. The maximum Gasteiger partial charge on any atom is 0.303 e. The molecule has 0 saturated heterocycles. The van der Waals surface area contributed by atoms with Crippen molar-refractivity contribution in [2.75, 3.05) is 0 Å². The number of carbonyl (C=O) groups is 1. The highest BCUT2D eigenvalue weighted by atomic mass is 35.5. The first kappa shape index (κ1) is 12.0. The zero-order valence-electron chi connectivity index (χ0n) is 8.76. The number of aromatic nitrogens is 2. The first-order valence-electron chi connectivity index (χ1n) is 4.93. The smallest absolute Gasteiger partial charge is 0.303 e. The van der Waals surface area contributed by atoms with Crippen molar-refractivity contribution in [3.05, 3.63) is 34.4 Å². The fraction of sp³-hybridized carbons (Fsp3) is 0.182. The van der Waals surface area contributed by atoms with Crippen LogP contribution in [0.25, 0.3) is 10.7 Å². The van der Waals surface area contributed by atoms with Gasteiger partial charge in [0.1, 0.15) is 5.01 Å². The molecule has 88 valence electrons. The number of rotatable bonds is 4. The molecular weight excluding hydrogens is 260 g/mol. The van der Waals surface area contributed by atoms with Crippen molar-refractivity contribution in [2.45, 2.75) is 12.8 Å². The van der Waals surface area contributed by atoms with Gasteiger partial charge in [0.15, 0.2) is 0 Å². The number of thiazole rings is 1. The Morgan fingerprint density at radius 1 is 1.47 bits per heavy atom. The molecule has 0 aliphatic rings. The van der Waals surface area contributed by atoms with Crippen LogP contribution in [-0.4, -0.2) is 21.0 Å². The van der Waals surface area contributed by atoms with Gasteiger partial charge in [-0.2, -0.15) is 0 Å². The first-order chi connectivity index (χ1) is 8.15. The van der Waals surface area contributed by atoms with Gasteiger partial charge in [0.05, 0.1) is 22.8 Å². The second-order valence-corrected chi connectivity index (χ2v) is 4.69. The number of aliphatic carboxylic acids is 1. The van der Waals surface area contributed by atoms with Gasteiger partial charge in [-0.3, -0.25) is 9.78 Å². The quantitative estimate of drug-likeness (QED) is 0.926. The summed E-state index contributed by atoms with van der Waals surface area (Å²) in [5.74, 6) is -0.816. The van der Waals surface area contributed by atoms with E-state index in [1.54, 1.807) is 18.3 Å². The molecule has 0 atom stereocenters. The van der Waals surface area contributed by atoms with Crippen LogP contribution in [0.3, 0.4) is 0 Å². The molecule has 1 N–H and O–H groups in total. The van der Waals surface area contributed by atoms with E-state index in [0.29, 0.717) is 11.4 Å². The number of pyridine rings is 1. The molecule has 6 heteroatoms. The molecule has 4 nitrogen and oxygen atoms in total. The second kappa shape index (κ2) is 5.25. The van der Waals surface area contributed by atoms with Gasteiger partial charge >= 0.3 is 5.97 Å². The van der Waals surface area contributed by atoms with Crippen molar-refractivity contribution < 1.29 is 9.90 Å². The normalized spacial score (nSPS) is 10.4. The van der Waals surface area contributed by atoms with Gasteiger partial charge < -0.3 is 5.11 Å². The van der Waals surface area contributed by atoms with E-state index >= 15 is 0 Å². The highest BCUT2D eigenvalue weighted by molar-refractivity contribution is 7.13. The Kier molecular flexibility index (Phi) is 3.71. The van der Waals surface area contributed by atoms with Crippen LogP contribution in [0.4, 0.5) is 0 Å². The Morgan fingerprint density at radius 3 is 2.94 bits per heavy atom. The average molecular weight is 269 g/mol. The Bertz CT molecular complexity index is 525. The van der Waals surface area contributed by atoms with Crippen molar-refractivity contribution in [2.24, 2.45) is 0 Å². The zero-order chi connectivity index (χ0) is 12.3. The van der Waals surface area contributed by atoms with Gasteiger partial charge in [0, 0.05) is 18.0 Å². The number of nitrogens with zero attached hydrogens (tertiary/aromatic N) is 2. The number of hydrogen-bond donors (Lipinski definition) is 1. The average Bonchev–Trinajstić information content (AvgIpc) is 2.76. The summed E-state index contributed by atoms with van der Waals surface area (Å²) in [6.07, 6.45) is 2.10. The highest BCUT2D eigenvalue weighted by Crippen LogP contribution is 2.23. The topological polar surface area (TPSA) is 63.1 Å². The Labute approximate surface area is 107 Å². The van der Waals surface area contributed by atoms with E-state index in [9.17, 15) is 4.79 Å². The number of carboxylic acid groups (broad SMARTS) is 1. The molecule has 0 aromatic carbocycles. The van der Waals surface area contributed by atoms with Gasteiger partial charge in [-0.15, -0.1) is 11.3 Å². The van der Waals surface area contributed by atoms with Crippen molar-refractivity contribution in [1.29, 1.82) is 0 Å². The maximum atomic E-state index is 10.4. The number of hydrogen-bond acceptors (Lipinski definition) is 4. The van der Waals surface area contributed by atoms with Crippen LogP contribution in [0, 0.1) is 0 Å². The summed E-state index contributed by atoms with van der Waals surface area (Å²) in [4.78, 5) is 18.9. The van der Waals surface area contributed by atoms with Gasteiger partial charge in [-0.1, -0.05) is 11.6 Å². The number of carboxylic acids is 1. The van der Waals surface area contributed by atoms with Gasteiger partial charge in [0.2, 0.25) is 0 Å². The van der Waals surface area contributed by atoms with Crippen LogP contribution < -0.4 is 0 Å². The largest absolute Gasteiger partial charge is 0.481 e. The molecule has 0 radical (unpaired) electrons. The molecular formula is C11H9ClN2O2S. The van der Waals surface area contributed by atoms with E-state index in [0.717, 1.165) is 16.4 Å². The Hall–Kier alpha value is -1.46. The number of aryl methyl sites for hydroxylation is 1. The molecule has 2 aromatic rings. The first-order valence-corrected chi connectivity index (χ1v) is 6.19. The highest BCUT2D eigenvalue weighted by Gasteiger charge is 2.07. The fourth-order valence-corrected chi connectivity index (χ4v) is 2.22. The molecule has 2 rings (SSSR count). The fourth-order valence-electron chi connectivity index (χ4n) is 1.28. The maximum absolute atomic E-state index is 10.4. The van der Waals surface area contributed by atoms with E-state index in [4.69, 9.17) is 16.7 Å². The monoisotopic (exact) mass is 268 g/mol. The number of halogens is 1. The molecule has 0 saturated carbocycles. The Balaban J connectivity index is 2.12. The van der Waals surface area contributed by atoms with Crippen LogP contribution in [-0.2, 0) is 11.2 Å². The third-order valence-corrected chi connectivity index (χ3v) is 3.23. The lowest BCUT2D eigenvalue weighted by Gasteiger charge is -1.95. The summed E-state index contributed by atoms with van der Waals surface area (Å²) >= 11 is 7.19. The summed E-state index contributed by atoms with van der Waals surface area (Å²) in [6.45, 7) is 0. The molecule has 0 bridgehead atoms. The summed E-state index contributed by atoms with van der Waals surface area (Å²) in [5.41, 5.74) is 1.53. The lowest BCUT2D eigenvalue weighted by molar-refractivity contribution is -0.136. The minimum atomic E-state index is -0.816. The van der Waals surface area contributed by atoms with Gasteiger partial charge in [0.25, 0.3) is 0 Å². The Morgan fingerprint density at radius 2 is 2.29 bits per heavy atom. The molecule has 2 aromatic heterocycles. The summed E-state index contributed by atoms with van der Waals surface area (Å²) in [7, 11) is 0. The molecule has 0 spiro atoms. The van der Waals surface area contributed by atoms with E-state index in [2.05, 4.69) is 9.97 Å². The van der Waals surface area contributed by atoms with Crippen molar-refractivity contribution >= 4 is 28.9 Å². The lowest BCUT2D eigenvalue weighted by Crippen LogP contribution is -1.97. The summed E-state index contributed by atoms with van der Waals surface area (Å²) < 4.78 is 0. The van der Waals surface area contributed by atoms with Crippen LogP contribution in [0.5, 0.6) is 0 Å². The van der Waals surface area contributed by atoms with E-state index in [1.165, 1.54) is 11.3 Å². The predicted molar refractivity (Wildman–Crippen MR) is 66.3 cm³/mol. The molecule has 0 aliphatic heterocycles. The van der Waals surface area contributed by atoms with Crippen molar-refractivity contribution in [3.8, 4) is 10.7 Å². The molecule has 2 heterocycles. The van der Waals surface area contributed by atoms with E-state index in [-0.39, 0.29) is 6.42 Å². The van der Waals surface area contributed by atoms with Gasteiger partial charge in [-0.05, 0) is 12.1 Å². The van der Waals surface area contributed by atoms with E-state index in [1.807, 2.05) is 5.38 Å². The van der Waals surface area contributed by atoms with Gasteiger partial charge in [-0.25, -0.2) is 4.98 Å². The van der Waals surface area contributed by atoms with Crippen molar-refractivity contribution in [3.63, 3.8) is 0 Å². The predicted octanol–water partition coefficient (Wildman–Crippen LogP) is 2.88. The second-order valence-electron chi connectivity index (χ2n) is 3.40. The molecule has 0 aliphatic carbocycles. The lowest BCUT2D eigenvalue weighted by atomic mass is 10.2. The summed E-state index contributed by atoms with van der Waals surface area (Å²) in [5, 5.41) is 11.8.